The average molecular weight is 1670 g/mol. The Bertz CT molecular complexity index is 3550. The van der Waals surface area contributed by atoms with Crippen LogP contribution in [0.25, 0.3) is 0 Å². The molecule has 118 heavy (non-hydrogen) atoms. The van der Waals surface area contributed by atoms with Crippen LogP contribution in [0.1, 0.15) is 213 Å². The summed E-state index contributed by atoms with van der Waals surface area (Å²) < 4.78 is 106. The number of hydrogen-bond acceptors (Lipinski definition) is 26. The number of allylic oxidation sites excluding steroid dienone is 4. The molecule has 4 N–H and O–H groups in total. The van der Waals surface area contributed by atoms with Crippen LogP contribution in [0.3, 0.4) is 0 Å². The Labute approximate surface area is 699 Å². The Morgan fingerprint density at radius 3 is 1.11 bits per heavy atom. The van der Waals surface area contributed by atoms with Crippen LogP contribution in [0.15, 0.2) is 46.6 Å². The van der Waals surface area contributed by atoms with Gasteiger partial charge in [-0.1, -0.05) is 46.6 Å². The first-order valence-electron chi connectivity index (χ1n) is 43.7. The molecule has 15 rings (SSSR count). The minimum atomic E-state index is -1.22. The van der Waals surface area contributed by atoms with Crippen molar-refractivity contribution in [2.24, 2.45) is 23.7 Å². The van der Waals surface area contributed by atoms with Gasteiger partial charge in [-0.2, -0.15) is 0 Å². The van der Waals surface area contributed by atoms with E-state index < -0.39 is 41.8 Å². The Hall–Kier alpha value is -4.48. The zero-order valence-corrected chi connectivity index (χ0v) is 74.0. The molecule has 670 valence electrons. The van der Waals surface area contributed by atoms with Crippen molar-refractivity contribution in [1.82, 2.24) is 14.7 Å². The van der Waals surface area contributed by atoms with Crippen LogP contribution in [-0.4, -0.2) is 315 Å². The second kappa shape index (κ2) is 37.4. The predicted molar refractivity (Wildman–Crippen MR) is 432 cm³/mol. The molecule has 15 aliphatic rings. The molecule has 0 aromatic rings. The van der Waals surface area contributed by atoms with Gasteiger partial charge in [-0.3, -0.25) is 9.69 Å². The molecular formula is C89H143N3O26. The van der Waals surface area contributed by atoms with Crippen LogP contribution in [0.4, 0.5) is 14.4 Å². The Morgan fingerprint density at radius 1 is 0.449 bits per heavy atom. The van der Waals surface area contributed by atoms with Crippen LogP contribution < -0.4 is 0 Å². The number of aliphatic hydroxyl groups excluding tert-OH is 3. The molecule has 0 aromatic heterocycles. The third-order valence-corrected chi connectivity index (χ3v) is 28.4. The maximum atomic E-state index is 13.1. The maximum absolute atomic E-state index is 13.1. The second-order valence-corrected chi connectivity index (χ2v) is 38.4. The number of carbonyl (C=O) groups excluding carboxylic acids is 4. The smallest absolute Gasteiger partial charge is 0.412 e. The number of rotatable bonds is 28. The van der Waals surface area contributed by atoms with Gasteiger partial charge in [-0.25, -0.2) is 14.4 Å². The van der Waals surface area contributed by atoms with Gasteiger partial charge >= 0.3 is 24.2 Å². The maximum Gasteiger partial charge on any atom is 0.412 e. The van der Waals surface area contributed by atoms with E-state index in [1.807, 2.05) is 0 Å². The Kier molecular flexibility index (Phi) is 29.4. The highest BCUT2D eigenvalue weighted by Gasteiger charge is 2.77. The fraction of sp³-hybridized carbons (Fsp3) is 0.865. The molecule has 11 saturated heterocycles. The van der Waals surface area contributed by atoms with Gasteiger partial charge in [0.25, 0.3) is 0 Å². The minimum Gasteiger partial charge on any atom is -0.460 e. The molecule has 29 heteroatoms. The average Bonchev–Trinajstić information content (AvgIpc) is 1.55. The summed E-state index contributed by atoms with van der Waals surface area (Å²) >= 11 is 0. The monoisotopic (exact) mass is 1670 g/mol. The third kappa shape index (κ3) is 20.5. The lowest BCUT2D eigenvalue weighted by Gasteiger charge is -2.43. The Morgan fingerprint density at radius 2 is 0.805 bits per heavy atom. The number of likely N-dealkylation sites (tertiary alicyclic amines) is 3. The van der Waals surface area contributed by atoms with E-state index in [9.17, 15) is 39.6 Å². The van der Waals surface area contributed by atoms with Crippen molar-refractivity contribution in [3.05, 3.63) is 46.6 Å². The summed E-state index contributed by atoms with van der Waals surface area (Å²) in [7, 11) is 8.33. The lowest BCUT2D eigenvalue weighted by Crippen LogP contribution is -2.57. The molecule has 4 saturated carbocycles. The van der Waals surface area contributed by atoms with Gasteiger partial charge in [0.1, 0.15) is 99.7 Å². The molecule has 15 fully saturated rings. The van der Waals surface area contributed by atoms with Crippen molar-refractivity contribution in [2.45, 2.75) is 361 Å². The number of carbonyl (C=O) groups is 4. The molecule has 11 heterocycles. The molecule has 8 unspecified atom stereocenters. The summed E-state index contributed by atoms with van der Waals surface area (Å²) in [5.74, 6) is -0.162. The molecule has 4 aliphatic carbocycles. The molecule has 0 radical (unpaired) electrons. The van der Waals surface area contributed by atoms with Crippen LogP contribution in [0.2, 0.25) is 0 Å². The van der Waals surface area contributed by atoms with Gasteiger partial charge < -0.3 is 115 Å². The zero-order chi connectivity index (χ0) is 85.5. The highest BCUT2D eigenvalue weighted by atomic mass is 16.7. The van der Waals surface area contributed by atoms with E-state index in [0.29, 0.717) is 104 Å². The van der Waals surface area contributed by atoms with Crippen molar-refractivity contribution in [3.63, 3.8) is 0 Å². The van der Waals surface area contributed by atoms with Crippen molar-refractivity contribution in [1.29, 1.82) is 0 Å². The zero-order valence-electron chi connectivity index (χ0n) is 74.0. The lowest BCUT2D eigenvalue weighted by atomic mass is 9.68. The van der Waals surface area contributed by atoms with E-state index in [1.54, 1.807) is 59.2 Å². The van der Waals surface area contributed by atoms with Crippen LogP contribution >= 0.6 is 0 Å². The first-order valence-corrected chi connectivity index (χ1v) is 43.7. The molecular weight excluding hydrogens is 1530 g/mol. The number of ether oxygens (including phenoxy) is 18. The summed E-state index contributed by atoms with van der Waals surface area (Å²) in [6.07, 6.45) is 15.9. The normalized spacial score (nSPS) is 42.3. The summed E-state index contributed by atoms with van der Waals surface area (Å²) in [5, 5.41) is 39.9. The molecule has 4 spiro atoms. The van der Waals surface area contributed by atoms with Gasteiger partial charge in [-0.05, 0) is 206 Å². The second-order valence-electron chi connectivity index (χ2n) is 38.4. The van der Waals surface area contributed by atoms with Crippen LogP contribution in [0.5, 0.6) is 0 Å². The van der Waals surface area contributed by atoms with Gasteiger partial charge in [0.2, 0.25) is 0 Å². The fourth-order valence-corrected chi connectivity index (χ4v) is 21.3. The molecule has 11 aliphatic heterocycles. The number of amides is 3. The quantitative estimate of drug-likeness (QED) is 0.0186. The highest BCUT2D eigenvalue weighted by molar-refractivity contribution is 5.70. The van der Waals surface area contributed by atoms with Gasteiger partial charge in [0.05, 0.1) is 105 Å². The highest BCUT2D eigenvalue weighted by Crippen LogP contribution is 2.64. The molecule has 3 amide bonds. The lowest BCUT2D eigenvalue weighted by molar-refractivity contribution is -0.172. The standard InChI is InChI=1S/C24H39NO6.C23H38O7.C21H33NO7.C21H33NO6/c1-15(2)9-10-18-23(5,31-18)20-19(28-6)16(11-12-24(20)14-29-24)30-21(26)25-13-7-8-17(25)22(3,4)27;1-16(2)8-9-18-22(3,30-18)21-20(26-5)17(10-11-23(21)15-28-23)29-19(24)7-6-12-27-14-13-25-4;1-12(2)5-6-15-20(3,29-15)17-16(26-4)14(7-9-21(17)11-27-21)28-19(25)22-10-8-13(23)18(22)24;1-13(2)5-6-16-20(3,28-16)18-17(25-4)15(7-9-21(18)12-26-21)27-19(24)22-10-8-14(23)11-22/h9,16-20,27H,7-8,10-14H2,1-6H3;8,17-18,20-21H,6-7,9-15H2,1-5H3;5,13-18,23-24H,6-11H2,1-4H3;5,14-18,23H,6-12H2,1-4H3/t16-,17?,18-,19-,20-,23+,24?;17-,18-,20-,21-,22+,23?;13?,14-,15-,16-,17-,18?,20+,21?;14?,15-,16-,17-,18-,20+,21?/m1111/s1. The SMILES string of the molecule is COCCOCCCC(=O)O[C@@H]1CCC2(CO2)[C@@H]([C@@]2(C)O[C@@H]2CC=C(C)C)[C@@H]1OC.CO[C@@H]1[C@H](OC(=O)N2CCC(O)C2)CCC2(CO2)[C@H]1[C@@]1(C)O[C@@H]1CC=C(C)C.CO[C@@H]1[C@H](OC(=O)N2CCC(O)C2O)CCC2(CO2)[C@H]1[C@@]1(C)O[C@@H]1CC=C(C)C.CO[C@@H]1[C@H](OC(=O)N2CCCC2C(C)(C)O)CCC2(CO2)[C@H]1[C@@]1(C)O[C@@H]1CC=C(C)C. The van der Waals surface area contributed by atoms with Crippen LogP contribution in [-0.2, 0) is 90.1 Å². The van der Waals surface area contributed by atoms with E-state index >= 15 is 0 Å². The molecule has 0 aromatic carbocycles. The van der Waals surface area contributed by atoms with Crippen molar-refractivity contribution in [2.75, 3.05) is 108 Å². The first-order chi connectivity index (χ1) is 55.9. The molecule has 29 nitrogen and oxygen atoms in total. The number of esters is 1. The van der Waals surface area contributed by atoms with E-state index in [1.165, 1.54) is 27.2 Å². The van der Waals surface area contributed by atoms with Crippen molar-refractivity contribution >= 4 is 24.2 Å². The number of hydrogen-bond donors (Lipinski definition) is 4. The summed E-state index contributed by atoms with van der Waals surface area (Å²) in [4.78, 5) is 55.2. The summed E-state index contributed by atoms with van der Waals surface area (Å²) in [6, 6.07) is -0.226. The number of aliphatic hydroxyl groups is 4. The third-order valence-electron chi connectivity index (χ3n) is 28.4. The minimum absolute atomic E-state index is 0.00997. The van der Waals surface area contributed by atoms with E-state index in [4.69, 9.17) is 85.3 Å². The van der Waals surface area contributed by atoms with Gasteiger partial charge in [0, 0.05) is 74.8 Å². The number of epoxide rings is 8. The number of nitrogens with zero attached hydrogens (tertiary/aromatic N) is 3. The van der Waals surface area contributed by atoms with Gasteiger partial charge in [-0.15, -0.1) is 0 Å². The summed E-state index contributed by atoms with van der Waals surface area (Å²) in [6.45, 7) is 34.9. The van der Waals surface area contributed by atoms with Crippen molar-refractivity contribution in [3.8, 4) is 0 Å². The predicted octanol–water partition coefficient (Wildman–Crippen LogP) is 10.3. The van der Waals surface area contributed by atoms with Gasteiger partial charge in [0.15, 0.2) is 6.23 Å². The fourth-order valence-electron chi connectivity index (χ4n) is 21.3. The Balaban J connectivity index is 0.000000145. The largest absolute Gasteiger partial charge is 0.460 e. The van der Waals surface area contributed by atoms with E-state index in [2.05, 4.69) is 107 Å². The van der Waals surface area contributed by atoms with E-state index in [-0.39, 0.29) is 161 Å². The summed E-state index contributed by atoms with van der Waals surface area (Å²) in [5.41, 5.74) is 1.82. The number of methoxy groups -OCH3 is 5. The molecule has 0 bridgehead atoms. The van der Waals surface area contributed by atoms with Crippen molar-refractivity contribution < 1.29 is 125 Å². The first kappa shape index (κ1) is 92.7. The topological polar surface area (TPSA) is 351 Å². The van der Waals surface area contributed by atoms with Crippen LogP contribution in [0, 0.1) is 23.7 Å². The van der Waals surface area contributed by atoms with E-state index in [0.717, 1.165) is 77.2 Å². The number of β-amino-alcohol motifs (C(OH)–C–C–N with tert-alkyl or cyclic N) is 1. The molecule has 28 atom stereocenters.